The molecule has 0 aliphatic rings. The van der Waals surface area contributed by atoms with Gasteiger partial charge in [-0.05, 0) is 24.6 Å². The SMILES string of the molecule is CC(c1ccc(Cl)cc1Cl)n1cncc1CO. The molecule has 2 aromatic rings. The van der Waals surface area contributed by atoms with Crippen molar-refractivity contribution in [1.82, 2.24) is 9.55 Å². The second-order valence-electron chi connectivity index (χ2n) is 3.79. The predicted octanol–water partition coefficient (Wildman–Crippen LogP) is 3.29. The molecule has 17 heavy (non-hydrogen) atoms. The van der Waals surface area contributed by atoms with Crippen molar-refractivity contribution in [2.75, 3.05) is 0 Å². The maximum absolute atomic E-state index is 9.20. The maximum atomic E-state index is 9.20. The Balaban J connectivity index is 2.40. The molecule has 3 nitrogen and oxygen atoms in total. The number of hydrogen-bond acceptors (Lipinski definition) is 2. The molecule has 0 aliphatic carbocycles. The highest BCUT2D eigenvalue weighted by atomic mass is 35.5. The number of benzene rings is 1. The molecular weight excluding hydrogens is 259 g/mol. The average molecular weight is 271 g/mol. The fourth-order valence-corrected chi connectivity index (χ4v) is 2.36. The fourth-order valence-electron chi connectivity index (χ4n) is 1.79. The van der Waals surface area contributed by atoms with Gasteiger partial charge in [0.1, 0.15) is 0 Å². The van der Waals surface area contributed by atoms with E-state index in [9.17, 15) is 5.11 Å². The first-order valence-corrected chi connectivity index (χ1v) is 5.95. The van der Waals surface area contributed by atoms with Gasteiger partial charge in [0.2, 0.25) is 0 Å². The molecule has 0 radical (unpaired) electrons. The number of imidazole rings is 1. The lowest BCUT2D eigenvalue weighted by Crippen LogP contribution is -2.09. The second-order valence-corrected chi connectivity index (χ2v) is 4.64. The number of nitrogens with zero attached hydrogens (tertiary/aromatic N) is 2. The largest absolute Gasteiger partial charge is 0.390 e. The third kappa shape index (κ3) is 2.46. The van der Waals surface area contributed by atoms with Crippen LogP contribution < -0.4 is 0 Å². The van der Waals surface area contributed by atoms with Crippen molar-refractivity contribution < 1.29 is 5.11 Å². The third-order valence-corrected chi connectivity index (χ3v) is 3.30. The van der Waals surface area contributed by atoms with Crippen LogP contribution in [0.3, 0.4) is 0 Å². The monoisotopic (exact) mass is 270 g/mol. The molecule has 1 N–H and O–H groups in total. The van der Waals surface area contributed by atoms with Crippen molar-refractivity contribution in [3.05, 3.63) is 52.0 Å². The summed E-state index contributed by atoms with van der Waals surface area (Å²) in [5.41, 5.74) is 1.70. The standard InChI is InChI=1S/C12H12Cl2N2O/c1-8(16-7-15-5-10(16)6-17)11-3-2-9(13)4-12(11)14/h2-5,7-8,17H,6H2,1H3. The lowest BCUT2D eigenvalue weighted by molar-refractivity contribution is 0.269. The summed E-state index contributed by atoms with van der Waals surface area (Å²) >= 11 is 12.0. The molecule has 2 rings (SSSR count). The Bertz CT molecular complexity index is 525. The summed E-state index contributed by atoms with van der Waals surface area (Å²) in [6, 6.07) is 5.40. The average Bonchev–Trinajstić information content (AvgIpc) is 2.76. The molecule has 1 atom stereocenters. The van der Waals surface area contributed by atoms with E-state index in [4.69, 9.17) is 23.2 Å². The Morgan fingerprint density at radius 1 is 1.41 bits per heavy atom. The zero-order valence-corrected chi connectivity index (χ0v) is 10.8. The van der Waals surface area contributed by atoms with E-state index in [0.717, 1.165) is 11.3 Å². The molecular formula is C12H12Cl2N2O. The predicted molar refractivity (Wildman–Crippen MR) is 68.4 cm³/mol. The maximum Gasteiger partial charge on any atom is 0.0954 e. The summed E-state index contributed by atoms with van der Waals surface area (Å²) in [7, 11) is 0. The molecule has 1 heterocycles. The van der Waals surface area contributed by atoms with Crippen molar-refractivity contribution >= 4 is 23.2 Å². The van der Waals surface area contributed by atoms with Gasteiger partial charge < -0.3 is 9.67 Å². The molecule has 0 amide bonds. The highest BCUT2D eigenvalue weighted by Crippen LogP contribution is 2.29. The van der Waals surface area contributed by atoms with Gasteiger partial charge >= 0.3 is 0 Å². The van der Waals surface area contributed by atoms with E-state index in [1.165, 1.54) is 0 Å². The van der Waals surface area contributed by atoms with Crippen LogP contribution >= 0.6 is 23.2 Å². The van der Waals surface area contributed by atoms with Crippen LogP contribution in [0.5, 0.6) is 0 Å². The normalized spacial score (nSPS) is 12.7. The Kier molecular flexibility index (Phi) is 3.72. The Morgan fingerprint density at radius 3 is 2.82 bits per heavy atom. The van der Waals surface area contributed by atoms with Crippen LogP contribution in [0.15, 0.2) is 30.7 Å². The molecule has 5 heteroatoms. The van der Waals surface area contributed by atoms with Crippen molar-refractivity contribution in [1.29, 1.82) is 0 Å². The van der Waals surface area contributed by atoms with Crippen LogP contribution in [0.25, 0.3) is 0 Å². The molecule has 1 aromatic carbocycles. The first-order chi connectivity index (χ1) is 8.13. The quantitative estimate of drug-likeness (QED) is 0.930. The Morgan fingerprint density at radius 2 is 2.18 bits per heavy atom. The number of rotatable bonds is 3. The minimum Gasteiger partial charge on any atom is -0.390 e. The fraction of sp³-hybridized carbons (Fsp3) is 0.250. The molecule has 1 aromatic heterocycles. The van der Waals surface area contributed by atoms with Crippen molar-refractivity contribution in [3.63, 3.8) is 0 Å². The van der Waals surface area contributed by atoms with E-state index in [2.05, 4.69) is 4.98 Å². The number of aromatic nitrogens is 2. The zero-order valence-electron chi connectivity index (χ0n) is 9.27. The third-order valence-electron chi connectivity index (χ3n) is 2.74. The Labute approximate surface area is 110 Å². The van der Waals surface area contributed by atoms with E-state index in [-0.39, 0.29) is 12.6 Å². The van der Waals surface area contributed by atoms with Gasteiger partial charge in [0.05, 0.1) is 30.9 Å². The molecule has 0 bridgehead atoms. The zero-order chi connectivity index (χ0) is 12.4. The molecule has 0 aliphatic heterocycles. The van der Waals surface area contributed by atoms with Crippen LogP contribution in [-0.4, -0.2) is 14.7 Å². The lowest BCUT2D eigenvalue weighted by Gasteiger charge is -2.17. The summed E-state index contributed by atoms with van der Waals surface area (Å²) in [4.78, 5) is 4.02. The minimum atomic E-state index is -0.0461. The summed E-state index contributed by atoms with van der Waals surface area (Å²) in [6.45, 7) is 1.95. The minimum absolute atomic E-state index is 0.00409. The number of aliphatic hydroxyl groups is 1. The first kappa shape index (κ1) is 12.4. The van der Waals surface area contributed by atoms with Gasteiger partial charge in [-0.1, -0.05) is 29.3 Å². The van der Waals surface area contributed by atoms with E-state index in [1.54, 1.807) is 24.7 Å². The number of halogens is 2. The summed E-state index contributed by atoms with van der Waals surface area (Å²) < 4.78 is 1.88. The van der Waals surface area contributed by atoms with Gasteiger partial charge in [-0.15, -0.1) is 0 Å². The molecule has 0 saturated carbocycles. The van der Waals surface area contributed by atoms with Gasteiger partial charge in [-0.3, -0.25) is 0 Å². The van der Waals surface area contributed by atoms with Crippen LogP contribution in [0.1, 0.15) is 24.2 Å². The van der Waals surface area contributed by atoms with E-state index in [1.807, 2.05) is 17.6 Å². The van der Waals surface area contributed by atoms with Crippen LogP contribution in [0.2, 0.25) is 10.0 Å². The van der Waals surface area contributed by atoms with Gasteiger partial charge in [0, 0.05) is 10.0 Å². The smallest absolute Gasteiger partial charge is 0.0954 e. The van der Waals surface area contributed by atoms with Gasteiger partial charge in [0.25, 0.3) is 0 Å². The first-order valence-electron chi connectivity index (χ1n) is 5.20. The summed E-state index contributed by atoms with van der Waals surface area (Å²) in [5, 5.41) is 10.4. The molecule has 0 spiro atoms. The number of hydrogen-bond donors (Lipinski definition) is 1. The van der Waals surface area contributed by atoms with Crippen molar-refractivity contribution in [2.45, 2.75) is 19.6 Å². The van der Waals surface area contributed by atoms with Crippen LogP contribution in [0, 0.1) is 0 Å². The molecule has 0 saturated heterocycles. The lowest BCUT2D eigenvalue weighted by atomic mass is 10.1. The highest BCUT2D eigenvalue weighted by Gasteiger charge is 2.14. The van der Waals surface area contributed by atoms with Gasteiger partial charge in [-0.25, -0.2) is 4.98 Å². The molecule has 90 valence electrons. The van der Waals surface area contributed by atoms with Crippen molar-refractivity contribution in [2.24, 2.45) is 0 Å². The van der Waals surface area contributed by atoms with E-state index in [0.29, 0.717) is 10.0 Å². The van der Waals surface area contributed by atoms with E-state index < -0.39 is 0 Å². The van der Waals surface area contributed by atoms with E-state index >= 15 is 0 Å². The van der Waals surface area contributed by atoms with Crippen LogP contribution in [-0.2, 0) is 6.61 Å². The van der Waals surface area contributed by atoms with Crippen molar-refractivity contribution in [3.8, 4) is 0 Å². The second kappa shape index (κ2) is 5.08. The van der Waals surface area contributed by atoms with Crippen LogP contribution in [0.4, 0.5) is 0 Å². The van der Waals surface area contributed by atoms with Gasteiger partial charge in [0.15, 0.2) is 0 Å². The van der Waals surface area contributed by atoms with Gasteiger partial charge in [-0.2, -0.15) is 0 Å². The molecule has 0 fully saturated rings. The Hall–Kier alpha value is -1.03. The highest BCUT2D eigenvalue weighted by molar-refractivity contribution is 6.35. The summed E-state index contributed by atoms with van der Waals surface area (Å²) in [6.07, 6.45) is 3.32. The molecule has 1 unspecified atom stereocenters. The number of aliphatic hydroxyl groups excluding tert-OH is 1. The summed E-state index contributed by atoms with van der Waals surface area (Å²) in [5.74, 6) is 0. The topological polar surface area (TPSA) is 38.0 Å².